The van der Waals surface area contributed by atoms with Gasteiger partial charge in [0.25, 0.3) is 0 Å². The Balaban J connectivity index is 1.05. The number of nitrogens with zero attached hydrogens (tertiary/aromatic N) is 3. The van der Waals surface area contributed by atoms with Gasteiger partial charge in [-0.25, -0.2) is 15.0 Å². The van der Waals surface area contributed by atoms with E-state index in [0.717, 1.165) is 61.8 Å². The quantitative estimate of drug-likeness (QED) is 0.185. The lowest BCUT2D eigenvalue weighted by atomic mass is 9.97. The Labute approximate surface area is 295 Å². The van der Waals surface area contributed by atoms with E-state index in [9.17, 15) is 0 Å². The van der Waals surface area contributed by atoms with E-state index >= 15 is 0 Å². The summed E-state index contributed by atoms with van der Waals surface area (Å²) in [6.07, 6.45) is 9.35. The molecule has 0 fully saturated rings. The molecule has 4 heteroatoms. The predicted molar refractivity (Wildman–Crippen MR) is 209 cm³/mol. The number of benzene rings is 7. The van der Waals surface area contributed by atoms with Crippen molar-refractivity contribution in [2.45, 2.75) is 12.3 Å². The van der Waals surface area contributed by atoms with Crippen molar-refractivity contribution in [1.82, 2.24) is 15.0 Å². The van der Waals surface area contributed by atoms with Crippen molar-refractivity contribution >= 4 is 43.5 Å². The molecule has 9 aromatic rings. The zero-order chi connectivity index (χ0) is 33.7. The third kappa shape index (κ3) is 5.29. The summed E-state index contributed by atoms with van der Waals surface area (Å²) < 4.78 is 6.53. The Morgan fingerprint density at radius 2 is 1.10 bits per heavy atom. The van der Waals surface area contributed by atoms with Gasteiger partial charge in [0.1, 0.15) is 17.0 Å². The van der Waals surface area contributed by atoms with E-state index in [-0.39, 0.29) is 5.92 Å². The third-order valence-corrected chi connectivity index (χ3v) is 10.0. The van der Waals surface area contributed by atoms with Crippen molar-refractivity contribution in [3.8, 4) is 45.0 Å². The van der Waals surface area contributed by atoms with Crippen LogP contribution in [0.5, 0.6) is 0 Å². The average molecular weight is 654 g/mol. The molecule has 2 aromatic heterocycles. The van der Waals surface area contributed by atoms with Gasteiger partial charge in [0, 0.05) is 27.8 Å². The second-order valence-corrected chi connectivity index (χ2v) is 13.2. The highest BCUT2D eigenvalue weighted by atomic mass is 16.3. The van der Waals surface area contributed by atoms with Crippen LogP contribution in [-0.4, -0.2) is 15.0 Å². The number of allylic oxidation sites excluding steroid dienone is 4. The van der Waals surface area contributed by atoms with Gasteiger partial charge in [-0.2, -0.15) is 0 Å². The van der Waals surface area contributed by atoms with E-state index in [2.05, 4.69) is 158 Å². The van der Waals surface area contributed by atoms with Crippen LogP contribution >= 0.6 is 0 Å². The standard InChI is InChI=1S/C47H31N3O/c1-2-11-34(12-3-1)45-48-46(39-24-22-31-10-5-7-14-36(31)28-39)50-47(49-45)41-15-8-16-42-44(41)40-26-25-38(29-43(40)51-42)33-19-17-32(18-20-33)37-23-21-30-9-4-6-13-35(30)27-37/h1-11,13-29,34H,12H2. The first kappa shape index (κ1) is 29.3. The van der Waals surface area contributed by atoms with Crippen molar-refractivity contribution in [3.63, 3.8) is 0 Å². The molecule has 0 bridgehead atoms. The number of rotatable bonds is 5. The molecule has 0 saturated carbocycles. The highest BCUT2D eigenvalue weighted by molar-refractivity contribution is 6.12. The molecule has 51 heavy (non-hydrogen) atoms. The topological polar surface area (TPSA) is 51.8 Å². The van der Waals surface area contributed by atoms with E-state index in [0.29, 0.717) is 11.6 Å². The Morgan fingerprint density at radius 3 is 1.82 bits per heavy atom. The predicted octanol–water partition coefficient (Wildman–Crippen LogP) is 12.3. The second kappa shape index (κ2) is 12.0. The van der Waals surface area contributed by atoms with E-state index < -0.39 is 0 Å². The van der Waals surface area contributed by atoms with E-state index in [4.69, 9.17) is 19.4 Å². The van der Waals surface area contributed by atoms with Gasteiger partial charge in [0.15, 0.2) is 11.6 Å². The fourth-order valence-electron chi connectivity index (χ4n) is 7.32. The number of aromatic nitrogens is 3. The van der Waals surface area contributed by atoms with Crippen LogP contribution in [0.1, 0.15) is 18.2 Å². The molecule has 0 radical (unpaired) electrons. The molecule has 4 nitrogen and oxygen atoms in total. The Bertz CT molecular complexity index is 2840. The lowest BCUT2D eigenvalue weighted by molar-refractivity contribution is 0.669. The van der Waals surface area contributed by atoms with Crippen LogP contribution in [0.4, 0.5) is 0 Å². The Hall–Kier alpha value is -6.65. The highest BCUT2D eigenvalue weighted by Gasteiger charge is 2.20. The van der Waals surface area contributed by atoms with Gasteiger partial charge in [0.2, 0.25) is 0 Å². The lowest BCUT2D eigenvalue weighted by Gasteiger charge is -2.15. The number of hydrogen-bond acceptors (Lipinski definition) is 4. The van der Waals surface area contributed by atoms with Gasteiger partial charge in [-0.15, -0.1) is 0 Å². The summed E-state index contributed by atoms with van der Waals surface area (Å²) >= 11 is 0. The van der Waals surface area contributed by atoms with E-state index in [1.165, 1.54) is 27.3 Å². The number of fused-ring (bicyclic) bond motifs is 5. The van der Waals surface area contributed by atoms with Gasteiger partial charge in [-0.1, -0.05) is 140 Å². The summed E-state index contributed by atoms with van der Waals surface area (Å²) in [7, 11) is 0. The molecule has 0 amide bonds. The SMILES string of the molecule is C1=CCC(c2nc(-c3ccc4ccccc4c3)nc(-c3cccc4oc5cc(-c6ccc(-c7ccc8ccccc8c7)cc6)ccc5c34)n2)C=C1. The maximum Gasteiger partial charge on any atom is 0.164 e. The molecule has 10 rings (SSSR count). The second-order valence-electron chi connectivity index (χ2n) is 13.2. The molecule has 1 atom stereocenters. The van der Waals surface area contributed by atoms with Crippen LogP contribution in [-0.2, 0) is 0 Å². The van der Waals surface area contributed by atoms with Crippen molar-refractivity contribution in [1.29, 1.82) is 0 Å². The van der Waals surface area contributed by atoms with Gasteiger partial charge in [0.05, 0.1) is 0 Å². The maximum absolute atomic E-state index is 6.53. The summed E-state index contributed by atoms with van der Waals surface area (Å²) in [5.41, 5.74) is 8.18. The summed E-state index contributed by atoms with van der Waals surface area (Å²) in [5, 5.41) is 6.88. The molecule has 7 aromatic carbocycles. The van der Waals surface area contributed by atoms with Crippen LogP contribution in [0.2, 0.25) is 0 Å². The summed E-state index contributed by atoms with van der Waals surface area (Å²) in [5.74, 6) is 2.16. The van der Waals surface area contributed by atoms with E-state index in [1.807, 2.05) is 12.1 Å². The molecular formula is C47H31N3O. The van der Waals surface area contributed by atoms with Crippen LogP contribution in [0.25, 0.3) is 88.5 Å². The third-order valence-electron chi connectivity index (χ3n) is 10.0. The van der Waals surface area contributed by atoms with Crippen LogP contribution in [0.15, 0.2) is 174 Å². The van der Waals surface area contributed by atoms with Crippen molar-refractivity contribution in [2.24, 2.45) is 0 Å². The monoisotopic (exact) mass is 653 g/mol. The van der Waals surface area contributed by atoms with Gasteiger partial charge >= 0.3 is 0 Å². The summed E-state index contributed by atoms with van der Waals surface area (Å²) in [6.45, 7) is 0. The zero-order valence-electron chi connectivity index (χ0n) is 27.7. The molecule has 0 spiro atoms. The zero-order valence-corrected chi connectivity index (χ0v) is 27.7. The van der Waals surface area contributed by atoms with Crippen LogP contribution in [0, 0.1) is 0 Å². The Morgan fingerprint density at radius 1 is 0.471 bits per heavy atom. The molecule has 1 aliphatic rings. The van der Waals surface area contributed by atoms with Crippen LogP contribution in [0.3, 0.4) is 0 Å². The Kier molecular flexibility index (Phi) is 6.91. The molecule has 0 aliphatic heterocycles. The summed E-state index contributed by atoms with van der Waals surface area (Å²) in [6, 6.07) is 51.3. The summed E-state index contributed by atoms with van der Waals surface area (Å²) in [4.78, 5) is 15.3. The minimum absolute atomic E-state index is 0.0754. The first-order chi connectivity index (χ1) is 25.2. The molecule has 240 valence electrons. The van der Waals surface area contributed by atoms with Crippen LogP contribution < -0.4 is 0 Å². The minimum Gasteiger partial charge on any atom is -0.456 e. The van der Waals surface area contributed by atoms with E-state index in [1.54, 1.807) is 0 Å². The number of hydrogen-bond donors (Lipinski definition) is 0. The minimum atomic E-state index is 0.0754. The fraction of sp³-hybridized carbons (Fsp3) is 0.0426. The highest BCUT2D eigenvalue weighted by Crippen LogP contribution is 2.39. The van der Waals surface area contributed by atoms with Gasteiger partial charge in [-0.05, 0) is 80.6 Å². The fourth-order valence-corrected chi connectivity index (χ4v) is 7.32. The maximum atomic E-state index is 6.53. The normalized spacial score (nSPS) is 14.2. The average Bonchev–Trinajstić information content (AvgIpc) is 3.59. The lowest BCUT2D eigenvalue weighted by Crippen LogP contribution is -2.08. The molecular weight excluding hydrogens is 623 g/mol. The van der Waals surface area contributed by atoms with Crippen molar-refractivity contribution in [2.75, 3.05) is 0 Å². The van der Waals surface area contributed by atoms with Crippen molar-refractivity contribution in [3.05, 3.63) is 176 Å². The largest absolute Gasteiger partial charge is 0.456 e. The molecule has 0 saturated heterocycles. The number of furan rings is 1. The molecule has 1 unspecified atom stereocenters. The van der Waals surface area contributed by atoms with Gasteiger partial charge < -0.3 is 4.42 Å². The molecule has 0 N–H and O–H groups in total. The smallest absolute Gasteiger partial charge is 0.164 e. The first-order valence-electron chi connectivity index (χ1n) is 17.4. The van der Waals surface area contributed by atoms with Crippen molar-refractivity contribution < 1.29 is 4.42 Å². The molecule has 2 heterocycles. The first-order valence-corrected chi connectivity index (χ1v) is 17.4. The molecule has 1 aliphatic carbocycles. The van der Waals surface area contributed by atoms with Gasteiger partial charge in [-0.3, -0.25) is 0 Å².